The lowest BCUT2D eigenvalue weighted by Gasteiger charge is -2.50. The summed E-state index contributed by atoms with van der Waals surface area (Å²) in [5.41, 5.74) is 0.778. The van der Waals surface area contributed by atoms with E-state index in [4.69, 9.17) is 15.0 Å². The van der Waals surface area contributed by atoms with Crippen molar-refractivity contribution in [1.29, 1.82) is 0 Å². The summed E-state index contributed by atoms with van der Waals surface area (Å²) in [6.45, 7) is 46.1. The summed E-state index contributed by atoms with van der Waals surface area (Å²) in [6.07, 6.45) is 26.4. The molecule has 0 amide bonds. The first kappa shape index (κ1) is 61.2. The van der Waals surface area contributed by atoms with E-state index in [0.29, 0.717) is 24.2 Å². The summed E-state index contributed by atoms with van der Waals surface area (Å²) in [7, 11) is 0. The molecule has 4 aliphatic heterocycles. The van der Waals surface area contributed by atoms with Crippen molar-refractivity contribution in [2.75, 3.05) is 42.9 Å². The Balaban J connectivity index is 1.33. The van der Waals surface area contributed by atoms with Crippen molar-refractivity contribution >= 4 is 11.9 Å². The Morgan fingerprint density at radius 2 is 0.792 bits per heavy atom. The number of nitrogens with one attached hydrogen (secondary N) is 7. The first-order valence-corrected chi connectivity index (χ1v) is 30.1. The van der Waals surface area contributed by atoms with Crippen LogP contribution < -0.4 is 42.1 Å². The lowest BCUT2D eigenvalue weighted by atomic mass is 9.79. The zero-order valence-corrected chi connectivity index (χ0v) is 50.3. The van der Waals surface area contributed by atoms with Crippen molar-refractivity contribution in [1.82, 2.24) is 51.8 Å². The molecule has 0 radical (unpaired) electrons. The molecule has 1 aromatic rings. The van der Waals surface area contributed by atoms with Gasteiger partial charge in [0.05, 0.1) is 6.54 Å². The van der Waals surface area contributed by atoms with E-state index in [1.807, 2.05) is 0 Å². The highest BCUT2D eigenvalue weighted by Gasteiger charge is 2.43. The van der Waals surface area contributed by atoms with Crippen molar-refractivity contribution < 1.29 is 0 Å². The molecular formula is C60H118N12. The van der Waals surface area contributed by atoms with E-state index in [-0.39, 0.29) is 44.3 Å². The minimum Gasteiger partial charge on any atom is -0.354 e. The number of hydrogen-bond donors (Lipinski definition) is 7. The van der Waals surface area contributed by atoms with E-state index in [2.05, 4.69) is 165 Å². The van der Waals surface area contributed by atoms with Crippen LogP contribution in [0.3, 0.4) is 0 Å². The normalized spacial score (nSPS) is 23.9. The molecule has 0 aliphatic carbocycles. The van der Waals surface area contributed by atoms with Crippen LogP contribution in [0.1, 0.15) is 265 Å². The molecule has 5 heterocycles. The van der Waals surface area contributed by atoms with Gasteiger partial charge in [0.25, 0.3) is 0 Å². The zero-order chi connectivity index (χ0) is 53.1. The molecule has 0 aromatic carbocycles. The third-order valence-corrected chi connectivity index (χ3v) is 16.3. The predicted octanol–water partition coefficient (Wildman–Crippen LogP) is 11.8. The SMILES string of the molecule is CCCCCCCCNc1nc(CN(CCCCCCNC2CC(C)(C)NC(C)(C)C2)C2CC(C)(C)NC(C)(C)C2)nc(N(CCCCCCNC2CC(C)(C)NC(C)(C)C2)C2CC(C)(C)NC(C)(C)C2)n1. The maximum Gasteiger partial charge on any atom is 0.230 e. The molecule has 0 spiro atoms. The summed E-state index contributed by atoms with van der Waals surface area (Å²) in [6, 6.07) is 1.92. The van der Waals surface area contributed by atoms with Crippen LogP contribution in [0.5, 0.6) is 0 Å². The van der Waals surface area contributed by atoms with Gasteiger partial charge in [-0.25, -0.2) is 0 Å². The highest BCUT2D eigenvalue weighted by molar-refractivity contribution is 5.39. The Kier molecular flexibility index (Phi) is 22.2. The topological polar surface area (TPSA) is 129 Å². The van der Waals surface area contributed by atoms with Crippen LogP contribution in [-0.4, -0.2) is 121 Å². The number of aromatic nitrogens is 3. The summed E-state index contributed by atoms with van der Waals surface area (Å²) in [5, 5.41) is 27.4. The van der Waals surface area contributed by atoms with Gasteiger partial charge in [0.2, 0.25) is 11.9 Å². The zero-order valence-electron chi connectivity index (χ0n) is 50.3. The molecule has 0 saturated carbocycles. The smallest absolute Gasteiger partial charge is 0.230 e. The molecule has 0 bridgehead atoms. The summed E-state index contributed by atoms with van der Waals surface area (Å²) in [5.74, 6) is 2.56. The maximum atomic E-state index is 5.59. The average Bonchev–Trinajstić information content (AvgIpc) is 3.19. The number of hydrogen-bond acceptors (Lipinski definition) is 12. The van der Waals surface area contributed by atoms with Gasteiger partial charge < -0.3 is 42.1 Å². The quantitative estimate of drug-likeness (QED) is 0.0386. The molecule has 5 rings (SSSR count). The van der Waals surface area contributed by atoms with Crippen molar-refractivity contribution in [3.8, 4) is 0 Å². The fourth-order valence-electron chi connectivity index (χ4n) is 14.9. The van der Waals surface area contributed by atoms with Crippen LogP contribution in [0.25, 0.3) is 0 Å². The first-order valence-electron chi connectivity index (χ1n) is 30.1. The molecule has 0 atom stereocenters. The van der Waals surface area contributed by atoms with Crippen molar-refractivity contribution in [3.05, 3.63) is 5.82 Å². The van der Waals surface area contributed by atoms with E-state index in [9.17, 15) is 0 Å². The average molecular weight is 1010 g/mol. The Morgan fingerprint density at radius 1 is 0.417 bits per heavy atom. The van der Waals surface area contributed by atoms with E-state index in [0.717, 1.165) is 95.5 Å². The van der Waals surface area contributed by atoms with E-state index < -0.39 is 0 Å². The number of rotatable bonds is 29. The lowest BCUT2D eigenvalue weighted by molar-refractivity contribution is 0.0585. The monoisotopic (exact) mass is 1010 g/mol. The van der Waals surface area contributed by atoms with Gasteiger partial charge in [-0.3, -0.25) is 4.90 Å². The van der Waals surface area contributed by atoms with Crippen LogP contribution in [0.15, 0.2) is 0 Å². The van der Waals surface area contributed by atoms with E-state index in [1.165, 1.54) is 103 Å². The minimum absolute atomic E-state index is 0.00545. The Morgan fingerprint density at radius 3 is 1.25 bits per heavy atom. The predicted molar refractivity (Wildman–Crippen MR) is 310 cm³/mol. The van der Waals surface area contributed by atoms with Gasteiger partial charge in [0, 0.05) is 81.6 Å². The third-order valence-electron chi connectivity index (χ3n) is 16.3. The van der Waals surface area contributed by atoms with Gasteiger partial charge in [0.15, 0.2) is 0 Å². The van der Waals surface area contributed by atoms with Gasteiger partial charge in [-0.2, -0.15) is 15.0 Å². The highest BCUT2D eigenvalue weighted by atomic mass is 15.3. The molecule has 418 valence electrons. The second kappa shape index (κ2) is 26.1. The second-order valence-corrected chi connectivity index (χ2v) is 29.4. The standard InChI is InChI=1S/C60H118N12/c1-18-19-20-21-22-29-34-63-51-64-50(45-71(48-41-57(10,11)69-58(12,13)42-48)35-30-25-23-27-32-61-46-37-53(2,3)67-54(4,5)38-46)65-52(66-51)72(49-43-59(14,15)70-60(16,17)44-49)36-31-26-24-28-33-62-47-39-55(6,7)68-56(8,9)40-47/h46-49,61-62,67-70H,18-45H2,1-17H3,(H,63,64,65,66). The third kappa shape index (κ3) is 21.8. The van der Waals surface area contributed by atoms with Gasteiger partial charge in [-0.1, -0.05) is 64.7 Å². The van der Waals surface area contributed by atoms with Gasteiger partial charge in [-0.15, -0.1) is 0 Å². The first-order chi connectivity index (χ1) is 33.4. The molecule has 4 fully saturated rings. The Bertz CT molecular complexity index is 1690. The molecule has 12 nitrogen and oxygen atoms in total. The van der Waals surface area contributed by atoms with Gasteiger partial charge >= 0.3 is 0 Å². The fraction of sp³-hybridized carbons (Fsp3) is 0.950. The van der Waals surface area contributed by atoms with Crippen molar-refractivity contribution in [2.24, 2.45) is 0 Å². The minimum atomic E-state index is 0.00545. The highest BCUT2D eigenvalue weighted by Crippen LogP contribution is 2.36. The Labute approximate surface area is 444 Å². The Hall–Kier alpha value is -1.67. The van der Waals surface area contributed by atoms with E-state index in [1.54, 1.807) is 0 Å². The maximum absolute atomic E-state index is 5.59. The molecule has 12 heteroatoms. The van der Waals surface area contributed by atoms with Crippen molar-refractivity contribution in [2.45, 2.75) is 334 Å². The van der Waals surface area contributed by atoms with E-state index >= 15 is 0 Å². The van der Waals surface area contributed by atoms with Gasteiger partial charge in [-0.05, 0) is 214 Å². The van der Waals surface area contributed by atoms with Crippen LogP contribution in [-0.2, 0) is 6.54 Å². The van der Waals surface area contributed by atoms with Crippen molar-refractivity contribution in [3.63, 3.8) is 0 Å². The lowest BCUT2D eigenvalue weighted by Crippen LogP contribution is -2.62. The van der Waals surface area contributed by atoms with Crippen LogP contribution >= 0.6 is 0 Å². The molecule has 0 unspecified atom stereocenters. The van der Waals surface area contributed by atoms with Crippen LogP contribution in [0, 0.1) is 0 Å². The number of anilines is 2. The molecule has 7 N–H and O–H groups in total. The number of piperidine rings is 4. The number of nitrogens with zero attached hydrogens (tertiary/aromatic N) is 5. The molecule has 4 saturated heterocycles. The molecule has 4 aliphatic rings. The molecular weight excluding hydrogens is 889 g/mol. The second-order valence-electron chi connectivity index (χ2n) is 29.4. The van der Waals surface area contributed by atoms with Crippen LogP contribution in [0.2, 0.25) is 0 Å². The number of unbranched alkanes of at least 4 members (excludes halogenated alkanes) is 11. The fourth-order valence-corrected chi connectivity index (χ4v) is 14.9. The van der Waals surface area contributed by atoms with Crippen LogP contribution in [0.4, 0.5) is 11.9 Å². The summed E-state index contributed by atoms with van der Waals surface area (Å²) < 4.78 is 0. The largest absolute Gasteiger partial charge is 0.354 e. The summed E-state index contributed by atoms with van der Waals surface area (Å²) in [4.78, 5) is 21.7. The summed E-state index contributed by atoms with van der Waals surface area (Å²) >= 11 is 0. The molecule has 72 heavy (non-hydrogen) atoms. The van der Waals surface area contributed by atoms with Gasteiger partial charge in [0.1, 0.15) is 5.82 Å². The molecule has 1 aromatic heterocycles.